The van der Waals surface area contributed by atoms with Gasteiger partial charge >= 0.3 is 6.09 Å². The van der Waals surface area contributed by atoms with Crippen LogP contribution in [0.25, 0.3) is 0 Å². The molecule has 5 nitrogen and oxygen atoms in total. The molecule has 1 saturated heterocycles. The molecular formula is C8H16N2O3. The van der Waals surface area contributed by atoms with Crippen LogP contribution < -0.4 is 5.43 Å². The molecule has 0 aromatic rings. The summed E-state index contributed by atoms with van der Waals surface area (Å²) in [5.74, 6) is 0. The fraction of sp³-hybridized carbons (Fsp3) is 0.875. The van der Waals surface area contributed by atoms with Crippen molar-refractivity contribution in [2.24, 2.45) is 0 Å². The van der Waals surface area contributed by atoms with E-state index in [-0.39, 0.29) is 13.2 Å². The first-order valence-electron chi connectivity index (χ1n) is 4.62. The van der Waals surface area contributed by atoms with E-state index in [1.165, 1.54) is 6.42 Å². The molecule has 1 amide bonds. The summed E-state index contributed by atoms with van der Waals surface area (Å²) in [5.41, 5.74) is 2.61. The molecule has 1 aliphatic heterocycles. The predicted octanol–water partition coefficient (Wildman–Crippen LogP) is 0.106. The van der Waals surface area contributed by atoms with Crippen LogP contribution in [0.15, 0.2) is 0 Å². The molecule has 2 N–H and O–H groups in total. The highest BCUT2D eigenvalue weighted by Gasteiger charge is 2.12. The van der Waals surface area contributed by atoms with Gasteiger partial charge in [-0.05, 0) is 12.8 Å². The zero-order valence-electron chi connectivity index (χ0n) is 7.66. The minimum absolute atomic E-state index is 0.0552. The number of hydrogen-bond donors (Lipinski definition) is 2. The van der Waals surface area contributed by atoms with Gasteiger partial charge in [0.05, 0.1) is 6.61 Å². The summed E-state index contributed by atoms with van der Waals surface area (Å²) in [6.45, 7) is 1.69. The second-order valence-electron chi connectivity index (χ2n) is 3.02. The van der Waals surface area contributed by atoms with Crippen LogP contribution in [-0.4, -0.2) is 42.5 Å². The number of nitrogens with one attached hydrogen (secondary N) is 1. The summed E-state index contributed by atoms with van der Waals surface area (Å²) >= 11 is 0. The summed E-state index contributed by atoms with van der Waals surface area (Å²) < 4.78 is 4.65. The quantitative estimate of drug-likeness (QED) is 0.659. The number of hydrogen-bond acceptors (Lipinski definition) is 4. The minimum Gasteiger partial charge on any atom is -0.446 e. The maximum Gasteiger partial charge on any atom is 0.421 e. The van der Waals surface area contributed by atoms with Crippen molar-refractivity contribution in [3.05, 3.63) is 0 Å². The molecule has 13 heavy (non-hydrogen) atoms. The van der Waals surface area contributed by atoms with Crippen molar-refractivity contribution in [2.45, 2.75) is 19.3 Å². The van der Waals surface area contributed by atoms with Gasteiger partial charge in [-0.3, -0.25) is 5.43 Å². The van der Waals surface area contributed by atoms with Gasteiger partial charge < -0.3 is 9.84 Å². The smallest absolute Gasteiger partial charge is 0.421 e. The van der Waals surface area contributed by atoms with Crippen molar-refractivity contribution < 1.29 is 14.6 Å². The number of piperidine rings is 1. The number of aliphatic hydroxyl groups excluding tert-OH is 1. The normalized spacial score (nSPS) is 18.2. The third-order valence-electron chi connectivity index (χ3n) is 1.93. The average Bonchev–Trinajstić information content (AvgIpc) is 2.16. The number of ether oxygens (including phenoxy) is 1. The molecule has 0 aromatic carbocycles. The van der Waals surface area contributed by atoms with Crippen LogP contribution >= 0.6 is 0 Å². The van der Waals surface area contributed by atoms with Crippen molar-refractivity contribution in [3.8, 4) is 0 Å². The van der Waals surface area contributed by atoms with E-state index >= 15 is 0 Å². The number of aliphatic hydroxyl groups is 1. The molecule has 0 unspecified atom stereocenters. The Bertz CT molecular complexity index is 157. The topological polar surface area (TPSA) is 61.8 Å². The van der Waals surface area contributed by atoms with E-state index in [4.69, 9.17) is 5.11 Å². The van der Waals surface area contributed by atoms with Gasteiger partial charge in [-0.25, -0.2) is 9.80 Å². The molecule has 1 fully saturated rings. The minimum atomic E-state index is -0.476. The van der Waals surface area contributed by atoms with Crippen LogP contribution in [-0.2, 0) is 4.74 Å². The molecule has 0 aromatic heterocycles. The van der Waals surface area contributed by atoms with Gasteiger partial charge in [0.2, 0.25) is 0 Å². The van der Waals surface area contributed by atoms with E-state index in [9.17, 15) is 4.79 Å². The maximum absolute atomic E-state index is 11.0. The molecule has 0 atom stereocenters. The SMILES string of the molecule is O=C(NN1CCCCC1)OCCO. The first-order chi connectivity index (χ1) is 6.33. The van der Waals surface area contributed by atoms with Crippen molar-refractivity contribution in [1.29, 1.82) is 0 Å². The first-order valence-corrected chi connectivity index (χ1v) is 4.62. The Morgan fingerprint density at radius 1 is 1.38 bits per heavy atom. The lowest BCUT2D eigenvalue weighted by Crippen LogP contribution is -2.45. The summed E-state index contributed by atoms with van der Waals surface area (Å²) in [6.07, 6.45) is 2.97. The Balaban J connectivity index is 2.11. The Morgan fingerprint density at radius 3 is 2.69 bits per heavy atom. The fourth-order valence-corrected chi connectivity index (χ4v) is 1.31. The molecule has 0 bridgehead atoms. The van der Waals surface area contributed by atoms with E-state index in [2.05, 4.69) is 10.2 Å². The summed E-state index contributed by atoms with van der Waals surface area (Å²) in [4.78, 5) is 11.0. The molecule has 5 heteroatoms. The van der Waals surface area contributed by atoms with E-state index in [1.54, 1.807) is 0 Å². The fourth-order valence-electron chi connectivity index (χ4n) is 1.31. The molecule has 76 valence electrons. The highest BCUT2D eigenvalue weighted by molar-refractivity contribution is 5.66. The average molecular weight is 188 g/mol. The Hall–Kier alpha value is -0.810. The Labute approximate surface area is 77.6 Å². The lowest BCUT2D eigenvalue weighted by atomic mass is 10.2. The van der Waals surface area contributed by atoms with Crippen LogP contribution in [0.2, 0.25) is 0 Å². The van der Waals surface area contributed by atoms with Gasteiger partial charge in [0.15, 0.2) is 0 Å². The Kier molecular flexibility index (Phi) is 4.56. The standard InChI is InChI=1S/C8H16N2O3/c11-6-7-13-8(12)9-10-4-2-1-3-5-10/h11H,1-7H2,(H,9,12). The number of nitrogens with zero attached hydrogens (tertiary/aromatic N) is 1. The molecule has 0 spiro atoms. The van der Waals surface area contributed by atoms with E-state index in [0.29, 0.717) is 0 Å². The van der Waals surface area contributed by atoms with Crippen molar-refractivity contribution in [1.82, 2.24) is 10.4 Å². The maximum atomic E-state index is 11.0. The van der Waals surface area contributed by atoms with E-state index < -0.39 is 6.09 Å². The molecule has 0 aliphatic carbocycles. The largest absolute Gasteiger partial charge is 0.446 e. The zero-order chi connectivity index (χ0) is 9.52. The summed E-state index contributed by atoms with van der Waals surface area (Å²) in [5, 5.41) is 10.3. The van der Waals surface area contributed by atoms with Crippen molar-refractivity contribution in [3.63, 3.8) is 0 Å². The van der Waals surface area contributed by atoms with Crippen LogP contribution in [0.4, 0.5) is 4.79 Å². The lowest BCUT2D eigenvalue weighted by molar-refractivity contribution is 0.0817. The second kappa shape index (κ2) is 5.77. The number of carbonyl (C=O) groups excluding carboxylic acids is 1. The highest BCUT2D eigenvalue weighted by atomic mass is 16.6. The van der Waals surface area contributed by atoms with Gasteiger partial charge in [-0.15, -0.1) is 0 Å². The number of rotatable bonds is 3. The van der Waals surface area contributed by atoms with E-state index in [0.717, 1.165) is 25.9 Å². The molecule has 1 aliphatic rings. The Morgan fingerprint density at radius 2 is 2.08 bits per heavy atom. The second-order valence-corrected chi connectivity index (χ2v) is 3.02. The van der Waals surface area contributed by atoms with Crippen LogP contribution in [0.5, 0.6) is 0 Å². The van der Waals surface area contributed by atoms with Crippen molar-refractivity contribution >= 4 is 6.09 Å². The summed E-state index contributed by atoms with van der Waals surface area (Å²) in [6, 6.07) is 0. The monoisotopic (exact) mass is 188 g/mol. The van der Waals surface area contributed by atoms with Crippen LogP contribution in [0.3, 0.4) is 0 Å². The van der Waals surface area contributed by atoms with Gasteiger partial charge in [-0.1, -0.05) is 6.42 Å². The zero-order valence-corrected chi connectivity index (χ0v) is 7.66. The van der Waals surface area contributed by atoms with Crippen molar-refractivity contribution in [2.75, 3.05) is 26.3 Å². The lowest BCUT2D eigenvalue weighted by Gasteiger charge is -2.26. The van der Waals surface area contributed by atoms with Gasteiger partial charge in [0.1, 0.15) is 6.61 Å². The molecule has 0 saturated carbocycles. The number of hydrazine groups is 1. The molecule has 1 heterocycles. The number of amides is 1. The third-order valence-corrected chi connectivity index (χ3v) is 1.93. The van der Waals surface area contributed by atoms with E-state index in [1.807, 2.05) is 5.01 Å². The van der Waals surface area contributed by atoms with Gasteiger partial charge in [-0.2, -0.15) is 0 Å². The first kappa shape index (κ1) is 10.3. The van der Waals surface area contributed by atoms with Crippen LogP contribution in [0.1, 0.15) is 19.3 Å². The van der Waals surface area contributed by atoms with Gasteiger partial charge in [0, 0.05) is 13.1 Å². The summed E-state index contributed by atoms with van der Waals surface area (Å²) in [7, 11) is 0. The highest BCUT2D eigenvalue weighted by Crippen LogP contribution is 2.05. The third kappa shape index (κ3) is 4.10. The van der Waals surface area contributed by atoms with Crippen LogP contribution in [0, 0.1) is 0 Å². The predicted molar refractivity (Wildman–Crippen MR) is 47.0 cm³/mol. The molecular weight excluding hydrogens is 172 g/mol. The molecule has 1 rings (SSSR count). The molecule has 0 radical (unpaired) electrons. The number of carbonyl (C=O) groups is 1. The van der Waals surface area contributed by atoms with Gasteiger partial charge in [0.25, 0.3) is 0 Å².